The average molecular weight is 554 g/mol. The molecule has 0 bridgehead atoms. The Kier molecular flexibility index (Phi) is 10.1. The number of alkyl halides is 3. The fourth-order valence-corrected chi connectivity index (χ4v) is 4.97. The van der Waals surface area contributed by atoms with Crippen molar-refractivity contribution in [2.75, 3.05) is 43.5 Å². The molecule has 1 aliphatic heterocycles. The van der Waals surface area contributed by atoms with Gasteiger partial charge in [0.2, 0.25) is 5.91 Å². The highest BCUT2D eigenvalue weighted by Crippen LogP contribution is 2.35. The Balaban J connectivity index is 0.000000505. The van der Waals surface area contributed by atoms with Crippen LogP contribution in [-0.4, -0.2) is 66.4 Å². The predicted molar refractivity (Wildman–Crippen MR) is 140 cm³/mol. The number of carboxylic acids is 1. The topological polar surface area (TPSA) is 117 Å². The van der Waals surface area contributed by atoms with E-state index >= 15 is 0 Å². The molecule has 13 heteroatoms. The van der Waals surface area contributed by atoms with Gasteiger partial charge < -0.3 is 25.4 Å². The number of thiophene rings is 1. The molecule has 0 unspecified atom stereocenters. The zero-order valence-electron chi connectivity index (χ0n) is 21.0. The van der Waals surface area contributed by atoms with E-state index < -0.39 is 12.1 Å². The number of aliphatic carboxylic acids is 1. The number of carboxylic acid groups (broad SMARTS) is 1. The number of nitrogens with zero attached hydrogens (tertiary/aromatic N) is 3. The van der Waals surface area contributed by atoms with Crippen molar-refractivity contribution < 1.29 is 32.6 Å². The quantitative estimate of drug-likeness (QED) is 0.353. The molecular formula is C25H30F3N5O4S. The third-order valence-corrected chi connectivity index (χ3v) is 6.95. The molecule has 1 fully saturated rings. The van der Waals surface area contributed by atoms with Crippen LogP contribution in [0.15, 0.2) is 36.7 Å². The molecule has 1 amide bonds. The third kappa shape index (κ3) is 8.47. The van der Waals surface area contributed by atoms with Crippen LogP contribution in [0.4, 0.5) is 24.0 Å². The van der Waals surface area contributed by atoms with E-state index in [1.165, 1.54) is 12.5 Å². The van der Waals surface area contributed by atoms with E-state index in [1.807, 2.05) is 12.1 Å². The molecule has 0 aliphatic carbocycles. The summed E-state index contributed by atoms with van der Waals surface area (Å²) in [6.07, 6.45) is 0.00348. The van der Waals surface area contributed by atoms with Gasteiger partial charge in [-0.3, -0.25) is 4.79 Å². The van der Waals surface area contributed by atoms with E-state index in [4.69, 9.17) is 14.6 Å². The predicted octanol–water partition coefficient (Wildman–Crippen LogP) is 4.34. The molecule has 1 saturated heterocycles. The number of hydrogen-bond donors (Lipinski definition) is 3. The summed E-state index contributed by atoms with van der Waals surface area (Å²) < 4.78 is 37.0. The summed E-state index contributed by atoms with van der Waals surface area (Å²) in [6.45, 7) is 4.83. The normalized spacial score (nSPS) is 14.0. The number of rotatable bonds is 8. The Hall–Kier alpha value is -3.61. The van der Waals surface area contributed by atoms with E-state index in [9.17, 15) is 18.0 Å². The lowest BCUT2D eigenvalue weighted by Crippen LogP contribution is -2.35. The fourth-order valence-electron chi connectivity index (χ4n) is 4.05. The first-order valence-electron chi connectivity index (χ1n) is 12.0. The Labute approximate surface area is 222 Å². The minimum absolute atomic E-state index is 0.0123. The molecular weight excluding hydrogens is 523 g/mol. The number of hydrogen-bond acceptors (Lipinski definition) is 8. The molecule has 3 heterocycles. The third-order valence-electron chi connectivity index (χ3n) is 5.95. The van der Waals surface area contributed by atoms with Gasteiger partial charge in [-0.1, -0.05) is 23.5 Å². The highest BCUT2D eigenvalue weighted by Gasteiger charge is 2.38. The number of methoxy groups -OCH3 is 1. The van der Waals surface area contributed by atoms with Crippen LogP contribution in [0.2, 0.25) is 0 Å². The average Bonchev–Trinajstić information content (AvgIpc) is 3.30. The molecule has 2 aromatic heterocycles. The summed E-state index contributed by atoms with van der Waals surface area (Å²) in [5.74, 6) is -0.144. The highest BCUT2D eigenvalue weighted by molar-refractivity contribution is 7.22. The number of aromatic nitrogens is 2. The maximum atomic E-state index is 11.0. The van der Waals surface area contributed by atoms with Crippen LogP contribution >= 0.6 is 11.3 Å². The largest absolute Gasteiger partial charge is 0.497 e. The lowest BCUT2D eigenvalue weighted by molar-refractivity contribution is -0.192. The smallest absolute Gasteiger partial charge is 0.490 e. The molecule has 38 heavy (non-hydrogen) atoms. The molecule has 0 saturated carbocycles. The number of anilines is 2. The van der Waals surface area contributed by atoms with Crippen LogP contribution in [0.25, 0.3) is 10.2 Å². The van der Waals surface area contributed by atoms with Gasteiger partial charge in [0.05, 0.1) is 17.5 Å². The number of ether oxygens (including phenoxy) is 1. The highest BCUT2D eigenvalue weighted by atomic mass is 32.1. The first-order valence-corrected chi connectivity index (χ1v) is 12.8. The second kappa shape index (κ2) is 13.3. The number of carbonyl (C=O) groups is 2. The molecule has 3 N–H and O–H groups in total. The van der Waals surface area contributed by atoms with E-state index in [1.54, 1.807) is 24.8 Å². The Morgan fingerprint density at radius 2 is 1.82 bits per heavy atom. The maximum Gasteiger partial charge on any atom is 0.490 e. The van der Waals surface area contributed by atoms with Crippen molar-refractivity contribution in [3.05, 3.63) is 42.2 Å². The van der Waals surface area contributed by atoms with Gasteiger partial charge >= 0.3 is 12.1 Å². The van der Waals surface area contributed by atoms with Gasteiger partial charge in [0.25, 0.3) is 0 Å². The molecule has 206 valence electrons. The Bertz CT molecular complexity index is 1210. The standard InChI is InChI=1S/C23H29N5O2S.C2HF3O2/c1-16(29)24-9-10-25-21-14-20-22(26-15-27-23(20)31-21)28-11-7-18(8-12-28)13-17-3-5-19(30-2)6-4-17;3-2(4,5)1(6)7/h3-6,14-15,18,25H,7-13H2,1-2H3,(H,24,29);(H,6,7). The van der Waals surface area contributed by atoms with E-state index in [2.05, 4.69) is 43.7 Å². The van der Waals surface area contributed by atoms with Crippen molar-refractivity contribution >= 4 is 44.2 Å². The summed E-state index contributed by atoms with van der Waals surface area (Å²) in [4.78, 5) is 32.4. The summed E-state index contributed by atoms with van der Waals surface area (Å²) in [5.41, 5.74) is 1.37. The monoisotopic (exact) mass is 553 g/mol. The van der Waals surface area contributed by atoms with E-state index in [0.717, 1.165) is 59.1 Å². The van der Waals surface area contributed by atoms with Crippen LogP contribution in [0.1, 0.15) is 25.3 Å². The van der Waals surface area contributed by atoms with Gasteiger partial charge in [-0.15, -0.1) is 0 Å². The first-order chi connectivity index (χ1) is 18.1. The molecule has 0 atom stereocenters. The maximum absolute atomic E-state index is 11.0. The number of halogens is 3. The van der Waals surface area contributed by atoms with Crippen molar-refractivity contribution in [1.82, 2.24) is 15.3 Å². The summed E-state index contributed by atoms with van der Waals surface area (Å²) in [6, 6.07) is 10.6. The molecule has 0 radical (unpaired) electrons. The van der Waals surface area contributed by atoms with Gasteiger partial charge in [-0.2, -0.15) is 13.2 Å². The van der Waals surface area contributed by atoms with E-state index in [0.29, 0.717) is 19.0 Å². The summed E-state index contributed by atoms with van der Waals surface area (Å²) >= 11 is 1.63. The summed E-state index contributed by atoms with van der Waals surface area (Å²) in [7, 11) is 1.70. The van der Waals surface area contributed by atoms with Crippen LogP contribution in [0.3, 0.4) is 0 Å². The number of amides is 1. The van der Waals surface area contributed by atoms with Gasteiger partial charge in [-0.05, 0) is 48.9 Å². The Morgan fingerprint density at radius 3 is 2.39 bits per heavy atom. The molecule has 3 aromatic rings. The minimum atomic E-state index is -5.08. The van der Waals surface area contributed by atoms with Crippen LogP contribution < -0.4 is 20.3 Å². The molecule has 1 aliphatic rings. The summed E-state index contributed by atoms with van der Waals surface area (Å²) in [5, 5.41) is 15.4. The van der Waals surface area contributed by atoms with Crippen molar-refractivity contribution in [2.24, 2.45) is 5.92 Å². The second-order valence-electron chi connectivity index (χ2n) is 8.72. The van der Waals surface area contributed by atoms with E-state index in [-0.39, 0.29) is 5.91 Å². The van der Waals surface area contributed by atoms with Crippen molar-refractivity contribution in [2.45, 2.75) is 32.4 Å². The molecule has 9 nitrogen and oxygen atoms in total. The fraction of sp³-hybridized carbons (Fsp3) is 0.440. The lowest BCUT2D eigenvalue weighted by Gasteiger charge is -2.33. The van der Waals surface area contributed by atoms with Gasteiger partial charge in [0, 0.05) is 33.1 Å². The van der Waals surface area contributed by atoms with Gasteiger partial charge in [0.15, 0.2) is 0 Å². The molecule has 4 rings (SSSR count). The zero-order valence-corrected chi connectivity index (χ0v) is 21.9. The molecule has 0 spiro atoms. The van der Waals surface area contributed by atoms with Crippen LogP contribution in [0.5, 0.6) is 5.75 Å². The van der Waals surface area contributed by atoms with Crippen LogP contribution in [0, 0.1) is 5.92 Å². The van der Waals surface area contributed by atoms with Crippen molar-refractivity contribution in [3.8, 4) is 5.75 Å². The Morgan fingerprint density at radius 1 is 1.16 bits per heavy atom. The van der Waals surface area contributed by atoms with Crippen molar-refractivity contribution in [1.29, 1.82) is 0 Å². The SMILES string of the molecule is COc1ccc(CC2CCN(c3ncnc4sc(NCCNC(C)=O)cc34)CC2)cc1.O=C(O)C(F)(F)F. The molecule has 1 aromatic carbocycles. The van der Waals surface area contributed by atoms with Gasteiger partial charge in [0.1, 0.15) is 22.7 Å². The zero-order chi connectivity index (χ0) is 27.7. The number of carbonyl (C=O) groups excluding carboxylic acids is 1. The number of nitrogens with one attached hydrogen (secondary N) is 2. The minimum Gasteiger partial charge on any atom is -0.497 e. The second-order valence-corrected chi connectivity index (χ2v) is 9.75. The lowest BCUT2D eigenvalue weighted by atomic mass is 9.90. The van der Waals surface area contributed by atoms with Crippen LogP contribution in [-0.2, 0) is 16.0 Å². The number of fused-ring (bicyclic) bond motifs is 1. The number of benzene rings is 1. The van der Waals surface area contributed by atoms with Gasteiger partial charge in [-0.25, -0.2) is 14.8 Å². The van der Waals surface area contributed by atoms with Crippen molar-refractivity contribution in [3.63, 3.8) is 0 Å². The first kappa shape index (κ1) is 29.0. The number of piperidine rings is 1.